The van der Waals surface area contributed by atoms with E-state index in [-0.39, 0.29) is 12.0 Å². The number of thiazole rings is 1. The lowest BCUT2D eigenvalue weighted by Crippen LogP contribution is -2.11. The van der Waals surface area contributed by atoms with Gasteiger partial charge in [-0.05, 0) is 55.7 Å². The van der Waals surface area contributed by atoms with Gasteiger partial charge in [0, 0.05) is 30.8 Å². The van der Waals surface area contributed by atoms with Crippen molar-refractivity contribution in [1.29, 1.82) is 0 Å². The molecule has 138 valence electrons. The van der Waals surface area contributed by atoms with E-state index >= 15 is 0 Å². The van der Waals surface area contributed by atoms with Gasteiger partial charge < -0.3 is 9.47 Å². The summed E-state index contributed by atoms with van der Waals surface area (Å²) in [5.74, 6) is 1.15. The third-order valence-electron chi connectivity index (χ3n) is 4.24. The van der Waals surface area contributed by atoms with Crippen LogP contribution in [0.15, 0.2) is 55.0 Å². The lowest BCUT2D eigenvalue weighted by Gasteiger charge is -2.20. The molecular formula is C20H19N3O3S. The highest BCUT2D eigenvalue weighted by molar-refractivity contribution is 7.15. The maximum atomic E-state index is 12.4. The van der Waals surface area contributed by atoms with Crippen molar-refractivity contribution in [2.75, 3.05) is 11.9 Å². The number of benzene rings is 1. The molecule has 1 amide bonds. The Morgan fingerprint density at radius 2 is 1.89 bits per heavy atom. The highest BCUT2D eigenvalue weighted by Crippen LogP contribution is 2.33. The average molecular weight is 381 g/mol. The van der Waals surface area contributed by atoms with Gasteiger partial charge in [0.05, 0.1) is 11.0 Å². The van der Waals surface area contributed by atoms with Gasteiger partial charge in [-0.1, -0.05) is 11.3 Å². The van der Waals surface area contributed by atoms with Crippen LogP contribution in [0.25, 0.3) is 0 Å². The van der Waals surface area contributed by atoms with Crippen molar-refractivity contribution in [3.8, 4) is 11.5 Å². The number of pyridine rings is 1. The van der Waals surface area contributed by atoms with Crippen molar-refractivity contribution in [2.24, 2.45) is 0 Å². The van der Waals surface area contributed by atoms with Crippen LogP contribution in [0.3, 0.4) is 0 Å². The molecule has 3 aromatic rings. The quantitative estimate of drug-likeness (QED) is 0.686. The molecule has 0 bridgehead atoms. The standard InChI is InChI=1S/C20H19N3O3S/c24-19(23-20-22-13-18(27-20)17-3-1-2-12-25-17)14-4-6-15(7-5-14)26-16-8-10-21-11-9-16/h4-11,13,17H,1-3,12H2,(H,22,23,24). The Bertz CT molecular complexity index is 890. The molecule has 0 saturated carbocycles. The Morgan fingerprint density at radius 3 is 2.63 bits per heavy atom. The summed E-state index contributed by atoms with van der Waals surface area (Å²) in [4.78, 5) is 21.8. The maximum absolute atomic E-state index is 12.4. The van der Waals surface area contributed by atoms with E-state index in [2.05, 4.69) is 15.3 Å². The molecule has 1 aliphatic rings. The number of hydrogen-bond acceptors (Lipinski definition) is 6. The van der Waals surface area contributed by atoms with E-state index < -0.39 is 0 Å². The van der Waals surface area contributed by atoms with Crippen LogP contribution < -0.4 is 10.1 Å². The van der Waals surface area contributed by atoms with Crippen molar-refractivity contribution < 1.29 is 14.3 Å². The lowest BCUT2D eigenvalue weighted by molar-refractivity contribution is 0.0171. The SMILES string of the molecule is O=C(Nc1ncc(C2CCCCO2)s1)c1ccc(Oc2ccncc2)cc1. The third-order valence-corrected chi connectivity index (χ3v) is 5.25. The van der Waals surface area contributed by atoms with E-state index in [1.807, 2.05) is 0 Å². The first kappa shape index (κ1) is 17.6. The second kappa shape index (κ2) is 8.28. The van der Waals surface area contributed by atoms with Gasteiger partial charge in [-0.15, -0.1) is 0 Å². The first-order valence-electron chi connectivity index (χ1n) is 8.84. The zero-order valence-electron chi connectivity index (χ0n) is 14.6. The Hall–Kier alpha value is -2.77. The molecule has 0 radical (unpaired) electrons. The Kier molecular flexibility index (Phi) is 5.41. The van der Waals surface area contributed by atoms with Gasteiger partial charge in [0.15, 0.2) is 5.13 Å². The summed E-state index contributed by atoms with van der Waals surface area (Å²) in [5.41, 5.74) is 0.544. The van der Waals surface area contributed by atoms with Gasteiger partial charge in [0.25, 0.3) is 5.91 Å². The number of hydrogen-bond donors (Lipinski definition) is 1. The zero-order valence-corrected chi connectivity index (χ0v) is 15.4. The summed E-state index contributed by atoms with van der Waals surface area (Å²) in [5, 5.41) is 3.44. The highest BCUT2D eigenvalue weighted by atomic mass is 32.1. The molecule has 2 aromatic heterocycles. The number of anilines is 1. The second-order valence-corrected chi connectivity index (χ2v) is 7.25. The normalized spacial score (nSPS) is 16.7. The minimum Gasteiger partial charge on any atom is -0.457 e. The molecule has 1 atom stereocenters. The monoisotopic (exact) mass is 381 g/mol. The summed E-state index contributed by atoms with van der Waals surface area (Å²) >= 11 is 1.47. The summed E-state index contributed by atoms with van der Waals surface area (Å²) in [6, 6.07) is 10.5. The van der Waals surface area contributed by atoms with Gasteiger partial charge in [-0.25, -0.2) is 4.98 Å². The molecule has 1 saturated heterocycles. The number of carbonyl (C=O) groups excluding carboxylic acids is 1. The van der Waals surface area contributed by atoms with Gasteiger partial charge in [0.1, 0.15) is 11.5 Å². The number of nitrogens with one attached hydrogen (secondary N) is 1. The molecule has 1 aliphatic heterocycles. The number of aromatic nitrogens is 2. The molecule has 1 fully saturated rings. The molecule has 1 N–H and O–H groups in total. The third kappa shape index (κ3) is 4.50. The number of rotatable bonds is 5. The van der Waals surface area contributed by atoms with Crippen LogP contribution in [0.1, 0.15) is 40.6 Å². The lowest BCUT2D eigenvalue weighted by atomic mass is 10.1. The predicted molar refractivity (Wildman–Crippen MR) is 103 cm³/mol. The molecule has 0 aliphatic carbocycles. The topological polar surface area (TPSA) is 73.3 Å². The number of nitrogens with zero attached hydrogens (tertiary/aromatic N) is 2. The fourth-order valence-corrected chi connectivity index (χ4v) is 3.74. The first-order valence-corrected chi connectivity index (χ1v) is 9.66. The fraction of sp³-hybridized carbons (Fsp3) is 0.250. The number of amides is 1. The van der Waals surface area contributed by atoms with E-state index in [4.69, 9.17) is 9.47 Å². The van der Waals surface area contributed by atoms with Crippen molar-refractivity contribution in [1.82, 2.24) is 9.97 Å². The van der Waals surface area contributed by atoms with Crippen molar-refractivity contribution in [2.45, 2.75) is 25.4 Å². The van der Waals surface area contributed by atoms with Crippen molar-refractivity contribution in [3.63, 3.8) is 0 Å². The first-order chi connectivity index (χ1) is 13.3. The summed E-state index contributed by atoms with van der Waals surface area (Å²) < 4.78 is 11.5. The van der Waals surface area contributed by atoms with Crippen molar-refractivity contribution in [3.05, 3.63) is 65.4 Å². The Morgan fingerprint density at radius 1 is 1.11 bits per heavy atom. The maximum Gasteiger partial charge on any atom is 0.257 e. The van der Waals surface area contributed by atoms with Crippen molar-refractivity contribution >= 4 is 22.4 Å². The van der Waals surface area contributed by atoms with E-state index in [0.717, 1.165) is 30.7 Å². The van der Waals surface area contributed by atoms with Crippen LogP contribution in [-0.2, 0) is 4.74 Å². The van der Waals surface area contributed by atoms with E-state index in [1.54, 1.807) is 55.0 Å². The fourth-order valence-electron chi connectivity index (χ4n) is 2.84. The molecule has 1 aromatic carbocycles. The van der Waals surface area contributed by atoms with Crippen LogP contribution in [0.5, 0.6) is 11.5 Å². The molecule has 0 spiro atoms. The van der Waals surface area contributed by atoms with Crippen LogP contribution in [0.2, 0.25) is 0 Å². The van der Waals surface area contributed by atoms with Crippen LogP contribution in [-0.4, -0.2) is 22.5 Å². The number of carbonyl (C=O) groups is 1. The summed E-state index contributed by atoms with van der Waals surface area (Å²) in [6.45, 7) is 0.790. The molecule has 7 heteroatoms. The minimum atomic E-state index is -0.198. The highest BCUT2D eigenvalue weighted by Gasteiger charge is 2.19. The van der Waals surface area contributed by atoms with Gasteiger partial charge in [-0.3, -0.25) is 15.1 Å². The second-order valence-electron chi connectivity index (χ2n) is 6.19. The zero-order chi connectivity index (χ0) is 18.5. The molecule has 4 rings (SSSR count). The summed E-state index contributed by atoms with van der Waals surface area (Å²) in [6.07, 6.45) is 8.51. The number of ether oxygens (including phenoxy) is 2. The van der Waals surface area contributed by atoms with E-state index in [0.29, 0.717) is 22.2 Å². The molecule has 3 heterocycles. The van der Waals surface area contributed by atoms with Gasteiger partial charge in [-0.2, -0.15) is 0 Å². The molecule has 1 unspecified atom stereocenters. The van der Waals surface area contributed by atoms with Crippen LogP contribution >= 0.6 is 11.3 Å². The average Bonchev–Trinajstić information content (AvgIpc) is 3.18. The largest absolute Gasteiger partial charge is 0.457 e. The van der Waals surface area contributed by atoms with E-state index in [1.165, 1.54) is 11.3 Å². The molecule has 27 heavy (non-hydrogen) atoms. The predicted octanol–water partition coefficient (Wildman–Crippen LogP) is 4.82. The van der Waals surface area contributed by atoms with Gasteiger partial charge >= 0.3 is 0 Å². The van der Waals surface area contributed by atoms with E-state index in [9.17, 15) is 4.79 Å². The van der Waals surface area contributed by atoms with Crippen LogP contribution in [0, 0.1) is 0 Å². The van der Waals surface area contributed by atoms with Crippen LogP contribution in [0.4, 0.5) is 5.13 Å². The Balaban J connectivity index is 1.37. The Labute approximate surface area is 161 Å². The van der Waals surface area contributed by atoms with Gasteiger partial charge in [0.2, 0.25) is 0 Å². The minimum absolute atomic E-state index is 0.103. The smallest absolute Gasteiger partial charge is 0.257 e. The molecule has 6 nitrogen and oxygen atoms in total. The summed E-state index contributed by atoms with van der Waals surface area (Å²) in [7, 11) is 0. The molecular weight excluding hydrogens is 362 g/mol.